The average molecular weight is 396 g/mol. The van der Waals surface area contributed by atoms with Gasteiger partial charge in [0.15, 0.2) is 0 Å². The third-order valence-corrected chi connectivity index (χ3v) is 3.78. The fourth-order valence-corrected chi connectivity index (χ4v) is 2.62. The van der Waals surface area contributed by atoms with Crippen molar-refractivity contribution >= 4 is 6.09 Å². The summed E-state index contributed by atoms with van der Waals surface area (Å²) in [5, 5.41) is 16.1. The van der Waals surface area contributed by atoms with Crippen molar-refractivity contribution in [3.8, 4) is 0 Å². The van der Waals surface area contributed by atoms with Gasteiger partial charge >= 0.3 is 6.09 Å². The molecule has 1 amide bonds. The fourth-order valence-electron chi connectivity index (χ4n) is 2.62. The molecule has 2 aromatic rings. The van der Waals surface area contributed by atoms with Crippen LogP contribution in [0.3, 0.4) is 0 Å². The number of alkyl carbamates (subject to hydrolysis) is 1. The number of aliphatic hydroxyl groups is 1. The highest BCUT2D eigenvalue weighted by Crippen LogP contribution is 2.13. The van der Waals surface area contributed by atoms with Crippen molar-refractivity contribution in [3.63, 3.8) is 0 Å². The third kappa shape index (κ3) is 7.66. The number of ether oxygens (including phenoxy) is 1. The van der Waals surface area contributed by atoms with E-state index in [0.29, 0.717) is 17.9 Å². The maximum Gasteiger partial charge on any atom is 0.407 e. The number of benzene rings is 1. The van der Waals surface area contributed by atoms with E-state index in [1.165, 1.54) is 0 Å². The first-order valence-electron chi connectivity index (χ1n) is 8.98. The topological polar surface area (TPSA) is 83.7 Å². The second-order valence-corrected chi connectivity index (χ2v) is 7.51. The van der Waals surface area contributed by atoms with E-state index in [1.807, 2.05) is 0 Å². The number of amides is 1. The molecule has 2 atom stereocenters. The summed E-state index contributed by atoms with van der Waals surface area (Å²) in [6, 6.07) is 5.80. The van der Waals surface area contributed by atoms with Gasteiger partial charge in [-0.3, -0.25) is 0 Å². The Labute approximate surface area is 162 Å². The van der Waals surface area contributed by atoms with Gasteiger partial charge in [0.2, 0.25) is 0 Å². The molecule has 1 aromatic heterocycles. The van der Waals surface area contributed by atoms with Gasteiger partial charge in [0, 0.05) is 12.6 Å². The SMILES string of the molecule is CC(C)(C)OC(=O)N[C@@H](Cc1cc(F)cc(F)c1)[C@H](O)CNCc1ccco1. The van der Waals surface area contributed by atoms with Crippen LogP contribution in [0.15, 0.2) is 41.0 Å². The molecular formula is C20H26F2N2O4. The number of furan rings is 1. The normalized spacial score (nSPS) is 13.8. The minimum atomic E-state index is -1.03. The van der Waals surface area contributed by atoms with E-state index < -0.39 is 35.5 Å². The molecule has 2 rings (SSSR count). The molecule has 0 spiro atoms. The standard InChI is InChI=1S/C20H26F2N2O4/c1-20(2,3)28-19(26)24-17(9-13-7-14(21)10-15(22)8-13)18(25)12-23-11-16-5-4-6-27-16/h4-8,10,17-18,23,25H,9,11-12H2,1-3H3,(H,24,26)/t17-,18+/m0/s1. The van der Waals surface area contributed by atoms with E-state index in [9.17, 15) is 18.7 Å². The van der Waals surface area contributed by atoms with Gasteiger partial charge in [-0.2, -0.15) is 0 Å². The molecule has 6 nitrogen and oxygen atoms in total. The Bertz CT molecular complexity index is 740. The van der Waals surface area contributed by atoms with Crippen molar-refractivity contribution in [2.75, 3.05) is 6.54 Å². The number of hydrogen-bond donors (Lipinski definition) is 3. The van der Waals surface area contributed by atoms with E-state index in [0.717, 1.165) is 18.2 Å². The minimum absolute atomic E-state index is 0.0253. The Balaban J connectivity index is 2.04. The van der Waals surface area contributed by atoms with E-state index in [4.69, 9.17) is 9.15 Å². The molecular weight excluding hydrogens is 370 g/mol. The van der Waals surface area contributed by atoms with Crippen molar-refractivity contribution < 1.29 is 27.8 Å². The Hall–Kier alpha value is -2.45. The van der Waals surface area contributed by atoms with Crippen LogP contribution in [0, 0.1) is 11.6 Å². The molecule has 0 bridgehead atoms. The fraction of sp³-hybridized carbons (Fsp3) is 0.450. The lowest BCUT2D eigenvalue weighted by molar-refractivity contribution is 0.0421. The average Bonchev–Trinajstić information content (AvgIpc) is 3.04. The molecule has 0 radical (unpaired) electrons. The largest absolute Gasteiger partial charge is 0.468 e. The third-order valence-electron chi connectivity index (χ3n) is 3.78. The van der Waals surface area contributed by atoms with Crippen LogP contribution in [0.2, 0.25) is 0 Å². The molecule has 0 unspecified atom stereocenters. The summed E-state index contributed by atoms with van der Waals surface area (Å²) in [5.74, 6) is -0.760. The molecule has 8 heteroatoms. The molecule has 0 saturated carbocycles. The Morgan fingerprint density at radius 2 is 1.93 bits per heavy atom. The molecule has 1 aromatic carbocycles. The summed E-state index contributed by atoms with van der Waals surface area (Å²) >= 11 is 0. The number of hydrogen-bond acceptors (Lipinski definition) is 5. The summed E-state index contributed by atoms with van der Waals surface area (Å²) < 4.78 is 37.4. The molecule has 0 aliphatic rings. The van der Waals surface area contributed by atoms with E-state index in [2.05, 4.69) is 10.6 Å². The maximum atomic E-state index is 13.5. The number of nitrogens with one attached hydrogen (secondary N) is 2. The number of halogens is 2. The van der Waals surface area contributed by atoms with Crippen molar-refractivity contribution in [3.05, 3.63) is 59.6 Å². The first-order valence-corrected chi connectivity index (χ1v) is 8.98. The number of aliphatic hydroxyl groups excluding tert-OH is 1. The van der Waals surface area contributed by atoms with Crippen LogP contribution in [0.5, 0.6) is 0 Å². The van der Waals surface area contributed by atoms with Gasteiger partial charge in [-0.25, -0.2) is 13.6 Å². The molecule has 0 saturated heterocycles. The smallest absolute Gasteiger partial charge is 0.407 e. The second kappa shape index (κ2) is 9.66. The maximum absolute atomic E-state index is 13.5. The van der Waals surface area contributed by atoms with Gasteiger partial charge in [0.1, 0.15) is 23.0 Å². The molecule has 0 aliphatic carbocycles. The zero-order chi connectivity index (χ0) is 20.7. The van der Waals surface area contributed by atoms with E-state index in [-0.39, 0.29) is 13.0 Å². The highest BCUT2D eigenvalue weighted by molar-refractivity contribution is 5.68. The van der Waals surface area contributed by atoms with Gasteiger partial charge in [-0.1, -0.05) is 0 Å². The quantitative estimate of drug-likeness (QED) is 0.639. The Kier molecular flexibility index (Phi) is 7.53. The van der Waals surface area contributed by atoms with Gasteiger partial charge in [0.25, 0.3) is 0 Å². The van der Waals surface area contributed by atoms with Crippen molar-refractivity contribution in [2.45, 2.75) is 51.5 Å². The van der Waals surface area contributed by atoms with Crippen molar-refractivity contribution in [1.29, 1.82) is 0 Å². The predicted molar refractivity (Wildman–Crippen MR) is 99.6 cm³/mol. The lowest BCUT2D eigenvalue weighted by atomic mass is 10.0. The molecule has 0 fully saturated rings. The Morgan fingerprint density at radius 3 is 2.50 bits per heavy atom. The molecule has 1 heterocycles. The number of carbonyl (C=O) groups excluding carboxylic acids is 1. The number of rotatable bonds is 8. The van der Waals surface area contributed by atoms with Crippen LogP contribution in [0.4, 0.5) is 13.6 Å². The van der Waals surface area contributed by atoms with E-state index >= 15 is 0 Å². The highest BCUT2D eigenvalue weighted by atomic mass is 19.1. The van der Waals surface area contributed by atoms with Crippen molar-refractivity contribution in [1.82, 2.24) is 10.6 Å². The number of carbonyl (C=O) groups is 1. The van der Waals surface area contributed by atoms with Gasteiger partial charge < -0.3 is 24.9 Å². The molecule has 3 N–H and O–H groups in total. The van der Waals surface area contributed by atoms with Crippen LogP contribution in [-0.2, 0) is 17.7 Å². The first-order chi connectivity index (χ1) is 13.1. The van der Waals surface area contributed by atoms with Gasteiger partial charge in [-0.05, 0) is 57.0 Å². The predicted octanol–water partition coefficient (Wildman–Crippen LogP) is 3.14. The lowest BCUT2D eigenvalue weighted by Gasteiger charge is -2.27. The van der Waals surface area contributed by atoms with Crippen molar-refractivity contribution in [2.24, 2.45) is 0 Å². The highest BCUT2D eigenvalue weighted by Gasteiger charge is 2.25. The lowest BCUT2D eigenvalue weighted by Crippen LogP contribution is -2.49. The zero-order valence-electron chi connectivity index (χ0n) is 16.2. The summed E-state index contributed by atoms with van der Waals surface area (Å²) in [5.41, 5.74) is -0.411. The Morgan fingerprint density at radius 1 is 1.25 bits per heavy atom. The second-order valence-electron chi connectivity index (χ2n) is 7.51. The molecule has 28 heavy (non-hydrogen) atoms. The van der Waals surface area contributed by atoms with Gasteiger partial charge in [0.05, 0.1) is 25.0 Å². The summed E-state index contributed by atoms with van der Waals surface area (Å²) in [6.07, 6.45) is -0.190. The van der Waals surface area contributed by atoms with E-state index in [1.54, 1.807) is 39.2 Å². The van der Waals surface area contributed by atoms with Crippen LogP contribution in [-0.4, -0.2) is 35.5 Å². The van der Waals surface area contributed by atoms with Gasteiger partial charge in [-0.15, -0.1) is 0 Å². The molecule has 154 valence electrons. The van der Waals surface area contributed by atoms with Crippen LogP contribution in [0.1, 0.15) is 32.1 Å². The molecule has 0 aliphatic heterocycles. The minimum Gasteiger partial charge on any atom is -0.468 e. The summed E-state index contributed by atoms with van der Waals surface area (Å²) in [6.45, 7) is 5.65. The summed E-state index contributed by atoms with van der Waals surface area (Å²) in [7, 11) is 0. The van der Waals surface area contributed by atoms with Crippen LogP contribution >= 0.6 is 0 Å². The monoisotopic (exact) mass is 396 g/mol. The van der Waals surface area contributed by atoms with Crippen LogP contribution < -0.4 is 10.6 Å². The van der Waals surface area contributed by atoms with Crippen LogP contribution in [0.25, 0.3) is 0 Å². The first kappa shape index (κ1) is 21.8. The summed E-state index contributed by atoms with van der Waals surface area (Å²) in [4.78, 5) is 12.1. The zero-order valence-corrected chi connectivity index (χ0v) is 16.2.